The predicted octanol–water partition coefficient (Wildman–Crippen LogP) is 3.39. The molecule has 2 aromatic carbocycles. The fraction of sp³-hybridized carbons (Fsp3) is 0.238. The van der Waals surface area contributed by atoms with Crippen LogP contribution in [0.25, 0.3) is 0 Å². The van der Waals surface area contributed by atoms with Gasteiger partial charge in [0.1, 0.15) is 5.01 Å². The van der Waals surface area contributed by atoms with E-state index < -0.39 is 0 Å². The Balaban J connectivity index is 1.37. The fourth-order valence-corrected chi connectivity index (χ4v) is 4.11. The summed E-state index contributed by atoms with van der Waals surface area (Å²) < 4.78 is 0. The monoisotopic (exact) mass is 407 g/mol. The zero-order chi connectivity index (χ0) is 20.1. The van der Waals surface area contributed by atoms with Crippen LogP contribution in [0.3, 0.4) is 0 Å². The Kier molecular flexibility index (Phi) is 5.92. The summed E-state index contributed by atoms with van der Waals surface area (Å²) in [6.07, 6.45) is 1.76. The molecule has 1 unspecified atom stereocenters. The maximum atomic E-state index is 12.7. The summed E-state index contributed by atoms with van der Waals surface area (Å²) in [5.41, 5.74) is 1.51. The Labute approximate surface area is 172 Å². The van der Waals surface area contributed by atoms with E-state index in [9.17, 15) is 9.59 Å². The molecule has 8 heteroatoms. The van der Waals surface area contributed by atoms with E-state index in [0.29, 0.717) is 17.2 Å². The van der Waals surface area contributed by atoms with Crippen molar-refractivity contribution in [2.75, 3.05) is 17.2 Å². The van der Waals surface area contributed by atoms with Gasteiger partial charge in [0, 0.05) is 11.4 Å². The van der Waals surface area contributed by atoms with Gasteiger partial charge in [-0.05, 0) is 43.7 Å². The zero-order valence-electron chi connectivity index (χ0n) is 15.7. The van der Waals surface area contributed by atoms with E-state index in [1.165, 1.54) is 11.3 Å². The molecule has 1 aromatic heterocycles. The smallest absolute Gasteiger partial charge is 0.286 e. The van der Waals surface area contributed by atoms with E-state index in [-0.39, 0.29) is 17.9 Å². The summed E-state index contributed by atoms with van der Waals surface area (Å²) in [7, 11) is 0. The largest absolute Gasteiger partial charge is 0.325 e. The molecule has 1 atom stereocenters. The molecule has 2 N–H and O–H groups in total. The van der Waals surface area contributed by atoms with Crippen LogP contribution in [0, 0.1) is 0 Å². The molecule has 2 amide bonds. The van der Waals surface area contributed by atoms with Gasteiger partial charge in [0.15, 0.2) is 0 Å². The molecule has 148 valence electrons. The SMILES string of the molecule is O=C(Nc1ccccc1)c1nnc(CN2CCCC2C(=O)Nc2ccccc2)s1. The highest BCUT2D eigenvalue weighted by atomic mass is 32.1. The van der Waals surface area contributed by atoms with Crippen LogP contribution in [0.4, 0.5) is 11.4 Å². The number of benzene rings is 2. The van der Waals surface area contributed by atoms with Gasteiger partial charge < -0.3 is 10.6 Å². The van der Waals surface area contributed by atoms with Gasteiger partial charge in [0.05, 0.1) is 12.6 Å². The Morgan fingerprint density at radius 3 is 2.31 bits per heavy atom. The lowest BCUT2D eigenvalue weighted by molar-refractivity contribution is -0.120. The van der Waals surface area contributed by atoms with Crippen LogP contribution in [0.15, 0.2) is 60.7 Å². The van der Waals surface area contributed by atoms with Crippen molar-refractivity contribution in [2.24, 2.45) is 0 Å². The van der Waals surface area contributed by atoms with E-state index in [1.54, 1.807) is 0 Å². The van der Waals surface area contributed by atoms with Crippen LogP contribution in [0.1, 0.15) is 27.7 Å². The van der Waals surface area contributed by atoms with Crippen LogP contribution in [-0.4, -0.2) is 39.5 Å². The van der Waals surface area contributed by atoms with Crippen LogP contribution in [0.2, 0.25) is 0 Å². The van der Waals surface area contributed by atoms with Crippen molar-refractivity contribution in [3.8, 4) is 0 Å². The summed E-state index contributed by atoms with van der Waals surface area (Å²) in [5, 5.41) is 15.0. The third-order valence-electron chi connectivity index (χ3n) is 4.74. The Morgan fingerprint density at radius 1 is 0.966 bits per heavy atom. The van der Waals surface area contributed by atoms with Crippen LogP contribution >= 0.6 is 11.3 Å². The molecule has 0 saturated carbocycles. The lowest BCUT2D eigenvalue weighted by Gasteiger charge is -2.22. The topological polar surface area (TPSA) is 87.2 Å². The lowest BCUT2D eigenvalue weighted by Crippen LogP contribution is -2.39. The number of nitrogens with one attached hydrogen (secondary N) is 2. The van der Waals surface area contributed by atoms with Crippen molar-refractivity contribution in [3.05, 3.63) is 70.7 Å². The van der Waals surface area contributed by atoms with E-state index in [2.05, 4.69) is 25.7 Å². The molecule has 0 bridgehead atoms. The summed E-state index contributed by atoms with van der Waals surface area (Å²) in [6, 6.07) is 18.5. The third kappa shape index (κ3) is 4.85. The van der Waals surface area contributed by atoms with Crippen molar-refractivity contribution in [2.45, 2.75) is 25.4 Å². The fourth-order valence-electron chi connectivity index (χ4n) is 3.35. The number of rotatable bonds is 6. The second kappa shape index (κ2) is 8.93. The highest BCUT2D eigenvalue weighted by Crippen LogP contribution is 2.23. The van der Waals surface area contributed by atoms with Crippen LogP contribution < -0.4 is 10.6 Å². The Hall–Kier alpha value is -3.10. The van der Waals surface area contributed by atoms with Crippen molar-refractivity contribution in [1.29, 1.82) is 0 Å². The number of amides is 2. The van der Waals surface area contributed by atoms with Crippen molar-refractivity contribution in [1.82, 2.24) is 15.1 Å². The first-order valence-corrected chi connectivity index (χ1v) is 10.3. The zero-order valence-corrected chi connectivity index (χ0v) is 16.6. The number of carbonyl (C=O) groups excluding carboxylic acids is 2. The molecule has 2 heterocycles. The second-order valence-electron chi connectivity index (χ2n) is 6.80. The number of nitrogens with zero attached hydrogens (tertiary/aromatic N) is 3. The molecule has 1 saturated heterocycles. The molecular weight excluding hydrogens is 386 g/mol. The summed E-state index contributed by atoms with van der Waals surface area (Å²) in [6.45, 7) is 1.32. The first kappa shape index (κ1) is 19.2. The number of para-hydroxylation sites is 2. The van der Waals surface area contributed by atoms with Gasteiger partial charge in [-0.15, -0.1) is 10.2 Å². The van der Waals surface area contributed by atoms with E-state index in [4.69, 9.17) is 0 Å². The number of likely N-dealkylation sites (tertiary alicyclic amines) is 1. The average molecular weight is 407 g/mol. The van der Waals surface area contributed by atoms with Gasteiger partial charge in [-0.1, -0.05) is 47.7 Å². The molecular formula is C21H21N5O2S. The first-order chi connectivity index (χ1) is 14.2. The minimum absolute atomic E-state index is 0.0136. The molecule has 0 radical (unpaired) electrons. The summed E-state index contributed by atoms with van der Waals surface area (Å²) >= 11 is 1.26. The number of aromatic nitrogens is 2. The highest BCUT2D eigenvalue weighted by molar-refractivity contribution is 7.13. The van der Waals surface area contributed by atoms with E-state index >= 15 is 0 Å². The van der Waals surface area contributed by atoms with Gasteiger partial charge in [-0.3, -0.25) is 14.5 Å². The van der Waals surface area contributed by atoms with Gasteiger partial charge in [0.2, 0.25) is 10.9 Å². The maximum Gasteiger partial charge on any atom is 0.286 e. The molecule has 7 nitrogen and oxygen atoms in total. The van der Waals surface area contributed by atoms with Crippen LogP contribution in [0.5, 0.6) is 0 Å². The molecule has 29 heavy (non-hydrogen) atoms. The van der Waals surface area contributed by atoms with Gasteiger partial charge >= 0.3 is 0 Å². The molecule has 4 rings (SSSR count). The highest BCUT2D eigenvalue weighted by Gasteiger charge is 2.31. The summed E-state index contributed by atoms with van der Waals surface area (Å²) in [5.74, 6) is -0.292. The minimum Gasteiger partial charge on any atom is -0.325 e. The van der Waals surface area contributed by atoms with Gasteiger partial charge in [0.25, 0.3) is 5.91 Å². The Bertz CT molecular complexity index is 977. The molecule has 1 aliphatic rings. The third-order valence-corrected chi connectivity index (χ3v) is 5.65. The lowest BCUT2D eigenvalue weighted by atomic mass is 10.2. The maximum absolute atomic E-state index is 12.7. The molecule has 1 aliphatic heterocycles. The number of anilines is 2. The Morgan fingerprint density at radius 2 is 1.62 bits per heavy atom. The normalized spacial score (nSPS) is 16.5. The van der Waals surface area contributed by atoms with E-state index in [0.717, 1.165) is 30.1 Å². The van der Waals surface area contributed by atoms with Gasteiger partial charge in [-0.25, -0.2) is 0 Å². The predicted molar refractivity (Wildman–Crippen MR) is 113 cm³/mol. The number of hydrogen-bond donors (Lipinski definition) is 2. The molecule has 3 aromatic rings. The van der Waals surface area contributed by atoms with Crippen LogP contribution in [-0.2, 0) is 11.3 Å². The molecule has 0 spiro atoms. The molecule has 0 aliphatic carbocycles. The standard InChI is InChI=1S/C21H21N5O2S/c27-19(22-15-8-3-1-4-9-15)17-12-7-13-26(17)14-18-24-25-21(29-18)20(28)23-16-10-5-2-6-11-16/h1-6,8-11,17H,7,12-14H2,(H,22,27)(H,23,28). The summed E-state index contributed by atoms with van der Waals surface area (Å²) in [4.78, 5) is 27.1. The van der Waals surface area contributed by atoms with Crippen molar-refractivity contribution in [3.63, 3.8) is 0 Å². The van der Waals surface area contributed by atoms with Crippen molar-refractivity contribution < 1.29 is 9.59 Å². The average Bonchev–Trinajstić information content (AvgIpc) is 3.40. The van der Waals surface area contributed by atoms with E-state index in [1.807, 2.05) is 60.7 Å². The van der Waals surface area contributed by atoms with Gasteiger partial charge in [-0.2, -0.15) is 0 Å². The number of carbonyl (C=O) groups is 2. The first-order valence-electron chi connectivity index (χ1n) is 9.48. The quantitative estimate of drug-likeness (QED) is 0.654. The van der Waals surface area contributed by atoms with Crippen molar-refractivity contribution >= 4 is 34.5 Å². The molecule has 1 fully saturated rings. The second-order valence-corrected chi connectivity index (χ2v) is 7.87. The minimum atomic E-state index is -0.278. The number of hydrogen-bond acceptors (Lipinski definition) is 6.